The molecule has 0 unspecified atom stereocenters. The Labute approximate surface area is 790 Å². The molecule has 0 N–H and O–H groups in total. The van der Waals surface area contributed by atoms with Gasteiger partial charge in [0.1, 0.15) is 0 Å². The zero-order chi connectivity index (χ0) is 91.1. The highest BCUT2D eigenvalue weighted by Gasteiger charge is 2.39. The standard InChI is InChI=1S/3C43H32N2/c1-43(2)37-18-10-9-16-36(37)41-35(17-11-19-38(41)43)31-22-26-33(27-23-31)40-28-39(44-42(45-40)34-14-7-4-8-15-34)32-24-20-30(21-25-32)29-12-5-3-6-13-29;1-43(2)38-16-10-9-15-36(38)37-27-35(25-26-39(37)43)31-19-23-33(24-20-31)41-28-40(44-42(45-41)34-13-7-4-8-14-34)32-21-17-30(18-22-32)29-11-5-3-6-12-29;1-43(2)38-16-10-9-15-36(38)37-26-25-35(27-39(37)43)31-19-23-33(24-20-31)41-28-40(44-42(45-41)34-13-7-4-8-14-34)32-21-17-30(18-22-32)29-11-5-3-6-12-29/h3*3-28H,1-2H3. The van der Waals surface area contributed by atoms with E-state index in [1.165, 1.54) is 134 Å². The molecule has 642 valence electrons. The average Bonchev–Trinajstić information content (AvgIpc) is 1.66. The molecule has 3 aromatic heterocycles. The molecule has 0 fully saturated rings. The quantitative estimate of drug-likeness (QED) is 0.102. The minimum absolute atomic E-state index is 0.0113. The summed E-state index contributed by atoms with van der Waals surface area (Å²) in [4.78, 5) is 30.2. The minimum Gasteiger partial charge on any atom is -0.228 e. The summed E-state index contributed by atoms with van der Waals surface area (Å²) < 4.78 is 0. The van der Waals surface area contributed by atoms with Crippen LogP contribution in [0.1, 0.15) is 74.9 Å². The Kier molecular flexibility index (Phi) is 22.0. The lowest BCUT2D eigenvalue weighted by Gasteiger charge is -2.22. The first-order valence-corrected chi connectivity index (χ1v) is 46.5. The second-order valence-corrected chi connectivity index (χ2v) is 36.8. The first-order chi connectivity index (χ1) is 66.1. The van der Waals surface area contributed by atoms with E-state index in [2.05, 4.69) is 442 Å². The molecule has 21 aromatic rings. The minimum atomic E-state index is -0.0215. The van der Waals surface area contributed by atoms with E-state index in [1.807, 2.05) is 72.8 Å². The van der Waals surface area contributed by atoms with Gasteiger partial charge in [0.25, 0.3) is 0 Å². The van der Waals surface area contributed by atoms with Crippen LogP contribution in [-0.2, 0) is 16.2 Å². The molecule has 0 radical (unpaired) electrons. The van der Waals surface area contributed by atoms with Gasteiger partial charge in [0.15, 0.2) is 17.5 Å². The van der Waals surface area contributed by atoms with Crippen LogP contribution in [0.5, 0.6) is 0 Å². The monoisotopic (exact) mass is 1730 g/mol. The van der Waals surface area contributed by atoms with Gasteiger partial charge in [-0.1, -0.05) is 484 Å². The molecule has 6 heteroatoms. The van der Waals surface area contributed by atoms with E-state index >= 15 is 0 Å². The lowest BCUT2D eigenvalue weighted by molar-refractivity contribution is 0.660. The number of fused-ring (bicyclic) bond motifs is 9. The predicted molar refractivity (Wildman–Crippen MR) is 560 cm³/mol. The van der Waals surface area contributed by atoms with Crippen molar-refractivity contribution in [1.82, 2.24) is 29.9 Å². The lowest BCUT2D eigenvalue weighted by atomic mass is 9.81. The van der Waals surface area contributed by atoms with E-state index in [9.17, 15) is 0 Å². The number of rotatable bonds is 15. The SMILES string of the molecule is CC1(C)c2ccccc2-c2c(-c3ccc(-c4cc(-c5ccc(-c6ccccc6)cc5)nc(-c5ccccc5)n4)cc3)cccc21.CC1(C)c2ccccc2-c2cc(-c3ccc(-c4cc(-c5ccc(-c6ccccc6)cc5)nc(-c5ccccc5)n4)cc3)ccc21.CC1(C)c2ccccc2-c2ccc(-c3ccc(-c4cc(-c5ccc(-c6ccccc6)cc5)nc(-c5ccccc5)n4)cc3)cc21. The number of benzene rings is 18. The van der Waals surface area contributed by atoms with Crippen molar-refractivity contribution >= 4 is 0 Å². The fourth-order valence-electron chi connectivity index (χ4n) is 20.0. The van der Waals surface area contributed by atoms with Crippen molar-refractivity contribution in [2.24, 2.45) is 0 Å². The van der Waals surface area contributed by atoms with Crippen LogP contribution in [0.15, 0.2) is 473 Å². The van der Waals surface area contributed by atoms with Gasteiger partial charge in [-0.15, -0.1) is 0 Å². The van der Waals surface area contributed by atoms with Gasteiger partial charge < -0.3 is 0 Å². The summed E-state index contributed by atoms with van der Waals surface area (Å²) >= 11 is 0. The second-order valence-electron chi connectivity index (χ2n) is 36.8. The van der Waals surface area contributed by atoms with Gasteiger partial charge in [-0.3, -0.25) is 0 Å². The largest absolute Gasteiger partial charge is 0.228 e. The Balaban J connectivity index is 0.000000118. The highest BCUT2D eigenvalue weighted by atomic mass is 14.9. The summed E-state index contributed by atoms with van der Waals surface area (Å²) in [5.41, 5.74) is 45.7. The Morgan fingerprint density at radius 3 is 0.696 bits per heavy atom. The highest BCUT2D eigenvalue weighted by molar-refractivity contribution is 5.94. The molecular weight excluding hydrogens is 1630 g/mol. The molecule has 0 atom stereocenters. The van der Waals surface area contributed by atoms with Crippen molar-refractivity contribution in [3.05, 3.63) is 507 Å². The number of hydrogen-bond acceptors (Lipinski definition) is 6. The molecule has 6 nitrogen and oxygen atoms in total. The molecule has 135 heavy (non-hydrogen) atoms. The molecule has 0 aliphatic heterocycles. The first-order valence-electron chi connectivity index (χ1n) is 46.5. The van der Waals surface area contributed by atoms with Crippen molar-refractivity contribution < 1.29 is 0 Å². The van der Waals surface area contributed by atoms with Crippen molar-refractivity contribution in [2.75, 3.05) is 0 Å². The summed E-state index contributed by atoms with van der Waals surface area (Å²) in [5.74, 6) is 2.16. The maximum absolute atomic E-state index is 5.06. The molecule has 3 aliphatic carbocycles. The molecule has 0 saturated heterocycles. The van der Waals surface area contributed by atoms with Crippen LogP contribution in [0.2, 0.25) is 0 Å². The van der Waals surface area contributed by atoms with Gasteiger partial charge in [-0.2, -0.15) is 0 Å². The molecule has 0 amide bonds. The van der Waals surface area contributed by atoms with Crippen LogP contribution < -0.4 is 0 Å². The van der Waals surface area contributed by atoms with E-state index in [0.717, 1.165) is 102 Å². The maximum atomic E-state index is 5.06. The fourth-order valence-corrected chi connectivity index (χ4v) is 20.0. The second kappa shape index (κ2) is 35.5. The third kappa shape index (κ3) is 16.4. The summed E-state index contributed by atoms with van der Waals surface area (Å²) in [6.45, 7) is 14.0. The van der Waals surface area contributed by atoms with Crippen LogP contribution >= 0.6 is 0 Å². The van der Waals surface area contributed by atoms with Gasteiger partial charge in [0.2, 0.25) is 0 Å². The Morgan fingerprint density at radius 2 is 0.341 bits per heavy atom. The Morgan fingerprint density at radius 1 is 0.126 bits per heavy atom. The lowest BCUT2D eigenvalue weighted by Crippen LogP contribution is -2.14. The van der Waals surface area contributed by atoms with Crippen LogP contribution in [0.3, 0.4) is 0 Å². The van der Waals surface area contributed by atoms with E-state index in [4.69, 9.17) is 29.9 Å². The molecule has 3 heterocycles. The average molecular weight is 1730 g/mol. The van der Waals surface area contributed by atoms with E-state index in [-0.39, 0.29) is 16.2 Å². The fraction of sp³-hybridized carbons (Fsp3) is 0.0698. The van der Waals surface area contributed by atoms with Gasteiger partial charge >= 0.3 is 0 Å². The summed E-state index contributed by atoms with van der Waals surface area (Å²) in [6.07, 6.45) is 0. The predicted octanol–water partition coefficient (Wildman–Crippen LogP) is 33.4. The maximum Gasteiger partial charge on any atom is 0.160 e. The molecule has 3 aliphatic rings. The highest BCUT2D eigenvalue weighted by Crippen LogP contribution is 2.54. The number of hydrogen-bond donors (Lipinski definition) is 0. The number of aromatic nitrogens is 6. The van der Waals surface area contributed by atoms with Crippen molar-refractivity contribution in [1.29, 1.82) is 0 Å². The summed E-state index contributed by atoms with van der Waals surface area (Å²) in [7, 11) is 0. The van der Waals surface area contributed by atoms with Gasteiger partial charge in [0.05, 0.1) is 34.2 Å². The van der Waals surface area contributed by atoms with Crippen molar-refractivity contribution in [3.63, 3.8) is 0 Å². The zero-order valence-electron chi connectivity index (χ0n) is 76.2. The van der Waals surface area contributed by atoms with Gasteiger partial charge in [-0.05, 0) is 164 Å². The Bertz CT molecular complexity index is 7930. The molecule has 0 bridgehead atoms. The smallest absolute Gasteiger partial charge is 0.160 e. The van der Waals surface area contributed by atoms with Crippen LogP contribution in [0.4, 0.5) is 0 Å². The topological polar surface area (TPSA) is 77.3 Å². The molecule has 0 saturated carbocycles. The Hall–Kier alpha value is -16.8. The van der Waals surface area contributed by atoms with Crippen LogP contribution in [-0.4, -0.2) is 29.9 Å². The molecule has 24 rings (SSSR count). The van der Waals surface area contributed by atoms with Gasteiger partial charge in [-0.25, -0.2) is 29.9 Å². The van der Waals surface area contributed by atoms with E-state index in [0.29, 0.717) is 0 Å². The molecule has 0 spiro atoms. The van der Waals surface area contributed by atoms with E-state index in [1.54, 1.807) is 0 Å². The normalized spacial score (nSPS) is 12.8. The summed E-state index contributed by atoms with van der Waals surface area (Å²) in [5, 5.41) is 0. The third-order valence-corrected chi connectivity index (χ3v) is 27.4. The molecular formula is C129H96N6. The number of nitrogens with zero attached hydrogens (tertiary/aromatic N) is 6. The van der Waals surface area contributed by atoms with Crippen molar-refractivity contribution in [2.45, 2.75) is 57.8 Å². The van der Waals surface area contributed by atoms with Crippen LogP contribution in [0, 0.1) is 0 Å². The van der Waals surface area contributed by atoms with Crippen molar-refractivity contribution in [3.8, 4) is 202 Å². The zero-order valence-corrected chi connectivity index (χ0v) is 76.2. The van der Waals surface area contributed by atoms with Crippen LogP contribution in [0.25, 0.3) is 202 Å². The third-order valence-electron chi connectivity index (χ3n) is 27.4. The van der Waals surface area contributed by atoms with E-state index < -0.39 is 0 Å². The summed E-state index contributed by atoms with van der Waals surface area (Å²) in [6, 6.07) is 168. The van der Waals surface area contributed by atoms with Gasteiger partial charge in [0, 0.05) is 66.3 Å². The first kappa shape index (κ1) is 83.8. The molecule has 18 aromatic carbocycles.